The summed E-state index contributed by atoms with van der Waals surface area (Å²) >= 11 is 3.42. The van der Waals surface area contributed by atoms with Crippen LogP contribution in [-0.4, -0.2) is 28.2 Å². The summed E-state index contributed by atoms with van der Waals surface area (Å²) in [5.41, 5.74) is 0.957. The van der Waals surface area contributed by atoms with Gasteiger partial charge in [0, 0.05) is 16.6 Å². The first kappa shape index (κ1) is 13.8. The van der Waals surface area contributed by atoms with Crippen LogP contribution >= 0.6 is 15.9 Å². The third-order valence-corrected chi connectivity index (χ3v) is 4.19. The molecule has 0 radical (unpaired) electrons. The van der Waals surface area contributed by atoms with Crippen LogP contribution in [-0.2, 0) is 6.54 Å². The second kappa shape index (κ2) is 6.06. The molecule has 0 spiro atoms. The van der Waals surface area contributed by atoms with E-state index in [1.54, 1.807) is 0 Å². The molecule has 5 heteroatoms. The van der Waals surface area contributed by atoms with Gasteiger partial charge in [-0.15, -0.1) is 10.2 Å². The Morgan fingerprint density at radius 2 is 2.10 bits per heavy atom. The van der Waals surface area contributed by atoms with Crippen LogP contribution in [0.3, 0.4) is 0 Å². The monoisotopic (exact) mass is 335 g/mol. The van der Waals surface area contributed by atoms with Crippen molar-refractivity contribution in [2.45, 2.75) is 26.3 Å². The number of likely N-dealkylation sites (tertiary alicyclic amines) is 1. The van der Waals surface area contributed by atoms with Gasteiger partial charge in [0.2, 0.25) is 11.8 Å². The van der Waals surface area contributed by atoms with Gasteiger partial charge in [0.05, 0.1) is 6.54 Å². The summed E-state index contributed by atoms with van der Waals surface area (Å²) in [6.45, 7) is 5.30. The van der Waals surface area contributed by atoms with Crippen molar-refractivity contribution in [2.75, 3.05) is 13.1 Å². The Hall–Kier alpha value is -1.20. The Bertz CT molecular complexity index is 567. The second-order valence-corrected chi connectivity index (χ2v) is 6.41. The van der Waals surface area contributed by atoms with Gasteiger partial charge in [-0.3, -0.25) is 4.90 Å². The lowest BCUT2D eigenvalue weighted by Crippen LogP contribution is -2.33. The first-order chi connectivity index (χ1) is 9.70. The van der Waals surface area contributed by atoms with E-state index in [1.165, 1.54) is 12.8 Å². The van der Waals surface area contributed by atoms with Gasteiger partial charge in [-0.05, 0) is 49.6 Å². The van der Waals surface area contributed by atoms with Crippen molar-refractivity contribution in [1.82, 2.24) is 15.1 Å². The molecule has 0 aliphatic carbocycles. The minimum atomic E-state index is 0.595. The molecule has 1 aliphatic heterocycles. The predicted octanol–water partition coefficient (Wildman–Crippen LogP) is 3.73. The van der Waals surface area contributed by atoms with E-state index >= 15 is 0 Å². The van der Waals surface area contributed by atoms with E-state index in [0.29, 0.717) is 11.8 Å². The zero-order chi connectivity index (χ0) is 13.9. The number of halogens is 1. The lowest BCUT2D eigenvalue weighted by Gasteiger charge is -2.29. The number of aromatic nitrogens is 2. The molecule has 0 N–H and O–H groups in total. The summed E-state index contributed by atoms with van der Waals surface area (Å²) in [5, 5.41) is 8.31. The standard InChI is InChI=1S/C15H18BrN3O/c1-11-3-2-8-19(9-11)10-14-17-18-15(20-14)12-4-6-13(16)7-5-12/h4-7,11H,2-3,8-10H2,1H3. The Labute approximate surface area is 127 Å². The van der Waals surface area contributed by atoms with Crippen LogP contribution in [0.15, 0.2) is 33.2 Å². The van der Waals surface area contributed by atoms with Gasteiger partial charge in [-0.1, -0.05) is 22.9 Å². The highest BCUT2D eigenvalue weighted by molar-refractivity contribution is 9.10. The van der Waals surface area contributed by atoms with Gasteiger partial charge in [-0.2, -0.15) is 0 Å². The summed E-state index contributed by atoms with van der Waals surface area (Å²) in [7, 11) is 0. The average molecular weight is 336 g/mol. The van der Waals surface area contributed by atoms with E-state index in [1.807, 2.05) is 24.3 Å². The molecular formula is C15H18BrN3O. The van der Waals surface area contributed by atoms with Gasteiger partial charge in [0.1, 0.15) is 0 Å². The molecule has 2 aromatic rings. The topological polar surface area (TPSA) is 42.2 Å². The summed E-state index contributed by atoms with van der Waals surface area (Å²) in [6, 6.07) is 7.91. The molecule has 1 fully saturated rings. The van der Waals surface area contributed by atoms with Crippen LogP contribution < -0.4 is 0 Å². The van der Waals surface area contributed by atoms with Crippen LogP contribution in [0.1, 0.15) is 25.7 Å². The molecule has 4 nitrogen and oxygen atoms in total. The van der Waals surface area contributed by atoms with Crippen LogP contribution in [0.5, 0.6) is 0 Å². The fourth-order valence-electron chi connectivity index (χ4n) is 2.65. The minimum Gasteiger partial charge on any atom is -0.419 e. The molecule has 1 aromatic carbocycles. The molecule has 1 atom stereocenters. The average Bonchev–Trinajstić information content (AvgIpc) is 2.88. The Balaban J connectivity index is 1.69. The highest BCUT2D eigenvalue weighted by Gasteiger charge is 2.18. The molecule has 106 valence electrons. The maximum absolute atomic E-state index is 5.77. The summed E-state index contributed by atoms with van der Waals surface area (Å²) < 4.78 is 6.81. The van der Waals surface area contributed by atoms with Gasteiger partial charge < -0.3 is 4.42 Å². The van der Waals surface area contributed by atoms with Crippen molar-refractivity contribution in [1.29, 1.82) is 0 Å². The Kier molecular flexibility index (Phi) is 4.17. The van der Waals surface area contributed by atoms with Crippen molar-refractivity contribution >= 4 is 15.9 Å². The van der Waals surface area contributed by atoms with Crippen molar-refractivity contribution < 1.29 is 4.42 Å². The van der Waals surface area contributed by atoms with Crippen molar-refractivity contribution in [3.63, 3.8) is 0 Å². The van der Waals surface area contributed by atoms with E-state index in [4.69, 9.17) is 4.42 Å². The number of nitrogens with zero attached hydrogens (tertiary/aromatic N) is 3. The Morgan fingerprint density at radius 1 is 1.30 bits per heavy atom. The smallest absolute Gasteiger partial charge is 0.247 e. The largest absolute Gasteiger partial charge is 0.419 e. The number of benzene rings is 1. The molecule has 1 saturated heterocycles. The number of hydrogen-bond acceptors (Lipinski definition) is 4. The highest BCUT2D eigenvalue weighted by Crippen LogP contribution is 2.22. The first-order valence-electron chi connectivity index (χ1n) is 7.01. The molecule has 1 unspecified atom stereocenters. The fraction of sp³-hybridized carbons (Fsp3) is 0.467. The van der Waals surface area contributed by atoms with E-state index in [0.717, 1.165) is 35.6 Å². The quantitative estimate of drug-likeness (QED) is 0.856. The molecule has 0 saturated carbocycles. The SMILES string of the molecule is CC1CCCN(Cc2nnc(-c3ccc(Br)cc3)o2)C1. The Morgan fingerprint density at radius 3 is 2.85 bits per heavy atom. The van der Waals surface area contributed by atoms with Crippen LogP contribution in [0, 0.1) is 5.92 Å². The maximum atomic E-state index is 5.77. The summed E-state index contributed by atoms with van der Waals surface area (Å²) in [6.07, 6.45) is 2.58. The van der Waals surface area contributed by atoms with Gasteiger partial charge in [0.15, 0.2) is 0 Å². The zero-order valence-corrected chi connectivity index (χ0v) is 13.1. The number of hydrogen-bond donors (Lipinski definition) is 0. The third-order valence-electron chi connectivity index (χ3n) is 3.66. The van der Waals surface area contributed by atoms with Crippen molar-refractivity contribution in [3.8, 4) is 11.5 Å². The van der Waals surface area contributed by atoms with Gasteiger partial charge in [0.25, 0.3) is 0 Å². The molecule has 2 heterocycles. The fourth-order valence-corrected chi connectivity index (χ4v) is 2.91. The number of rotatable bonds is 3. The zero-order valence-electron chi connectivity index (χ0n) is 11.6. The molecule has 0 amide bonds. The maximum Gasteiger partial charge on any atom is 0.247 e. The van der Waals surface area contributed by atoms with E-state index in [2.05, 4.69) is 38.0 Å². The van der Waals surface area contributed by atoms with E-state index in [9.17, 15) is 0 Å². The molecule has 0 bridgehead atoms. The molecule has 1 aromatic heterocycles. The lowest BCUT2D eigenvalue weighted by atomic mass is 10.0. The normalized spacial score (nSPS) is 20.2. The highest BCUT2D eigenvalue weighted by atomic mass is 79.9. The molecule has 20 heavy (non-hydrogen) atoms. The van der Waals surface area contributed by atoms with E-state index in [-0.39, 0.29) is 0 Å². The number of piperidine rings is 1. The summed E-state index contributed by atoms with van der Waals surface area (Å²) in [5.74, 6) is 2.06. The minimum absolute atomic E-state index is 0.595. The molecule has 3 rings (SSSR count). The third kappa shape index (κ3) is 3.27. The summed E-state index contributed by atoms with van der Waals surface area (Å²) in [4.78, 5) is 2.40. The van der Waals surface area contributed by atoms with Gasteiger partial charge >= 0.3 is 0 Å². The van der Waals surface area contributed by atoms with E-state index < -0.39 is 0 Å². The van der Waals surface area contributed by atoms with Crippen LogP contribution in [0.25, 0.3) is 11.5 Å². The van der Waals surface area contributed by atoms with Gasteiger partial charge in [-0.25, -0.2) is 0 Å². The van der Waals surface area contributed by atoms with Crippen LogP contribution in [0.4, 0.5) is 0 Å². The first-order valence-corrected chi connectivity index (χ1v) is 7.80. The lowest BCUT2D eigenvalue weighted by molar-refractivity contribution is 0.163. The van der Waals surface area contributed by atoms with Crippen molar-refractivity contribution in [3.05, 3.63) is 34.6 Å². The molecular weight excluding hydrogens is 318 g/mol. The molecule has 1 aliphatic rings. The van der Waals surface area contributed by atoms with Crippen molar-refractivity contribution in [2.24, 2.45) is 5.92 Å². The van der Waals surface area contributed by atoms with Crippen LogP contribution in [0.2, 0.25) is 0 Å². The predicted molar refractivity (Wildman–Crippen MR) is 81.1 cm³/mol. The second-order valence-electron chi connectivity index (χ2n) is 5.49.